The van der Waals surface area contributed by atoms with Crippen LogP contribution in [-0.2, 0) is 0 Å². The molecule has 1 aromatic rings. The van der Waals surface area contributed by atoms with E-state index in [4.69, 9.17) is 0 Å². The number of nitrogens with one attached hydrogen (secondary N) is 1. The van der Waals surface area contributed by atoms with Crippen LogP contribution in [0.5, 0.6) is 0 Å². The molecule has 0 aliphatic carbocycles. The van der Waals surface area contributed by atoms with Crippen LogP contribution in [0.2, 0.25) is 0 Å². The summed E-state index contributed by atoms with van der Waals surface area (Å²) in [4.78, 5) is 0. The first kappa shape index (κ1) is 11.2. The Bertz CT molecular complexity index is 275. The van der Waals surface area contributed by atoms with Gasteiger partial charge in [0.15, 0.2) is 0 Å². The zero-order valence-corrected chi connectivity index (χ0v) is 10.9. The van der Waals surface area contributed by atoms with Crippen LogP contribution in [-0.4, -0.2) is 7.05 Å². The molecule has 3 heteroatoms. The molecular weight excluding hydrogens is 246 g/mol. The third-order valence-electron chi connectivity index (χ3n) is 2.08. The maximum atomic E-state index is 3.49. The number of hydrogen-bond acceptors (Lipinski definition) is 2. The lowest BCUT2D eigenvalue weighted by molar-refractivity contribution is 0.287. The fraction of sp³-hybridized carbons (Fsp3) is 0.600. The Balaban J connectivity index is 2.91. The van der Waals surface area contributed by atoms with Crippen LogP contribution in [0.1, 0.15) is 32.4 Å². The largest absolute Gasteiger partial charge is 0.313 e. The van der Waals surface area contributed by atoms with Gasteiger partial charge < -0.3 is 5.32 Å². The predicted molar refractivity (Wildman–Crippen MR) is 63.3 cm³/mol. The molecule has 0 aliphatic heterocycles. The lowest BCUT2D eigenvalue weighted by atomic mass is 9.83. The molecule has 0 saturated carbocycles. The normalized spacial score (nSPS) is 14.5. The molecule has 1 nitrogen and oxygen atoms in total. The maximum absolute atomic E-state index is 3.49. The van der Waals surface area contributed by atoms with Gasteiger partial charge in [-0.05, 0) is 45.4 Å². The summed E-state index contributed by atoms with van der Waals surface area (Å²) in [6.45, 7) is 6.75. The Morgan fingerprint density at radius 3 is 2.38 bits per heavy atom. The van der Waals surface area contributed by atoms with Crippen LogP contribution in [0, 0.1) is 5.41 Å². The van der Waals surface area contributed by atoms with E-state index in [1.165, 1.54) is 9.35 Å². The van der Waals surface area contributed by atoms with Gasteiger partial charge in [0.05, 0.1) is 3.79 Å². The van der Waals surface area contributed by atoms with Crippen molar-refractivity contribution in [3.63, 3.8) is 0 Å². The lowest BCUT2D eigenvalue weighted by Crippen LogP contribution is -2.29. The highest BCUT2D eigenvalue weighted by Crippen LogP contribution is 2.35. The van der Waals surface area contributed by atoms with Crippen molar-refractivity contribution in [3.8, 4) is 0 Å². The van der Waals surface area contributed by atoms with Gasteiger partial charge in [-0.3, -0.25) is 0 Å². The van der Waals surface area contributed by atoms with Crippen LogP contribution in [0.3, 0.4) is 0 Å². The molecule has 1 rings (SSSR count). The van der Waals surface area contributed by atoms with Crippen LogP contribution < -0.4 is 5.32 Å². The zero-order chi connectivity index (χ0) is 10.1. The fourth-order valence-electron chi connectivity index (χ4n) is 1.57. The second-order valence-corrected chi connectivity index (χ2v) is 6.56. The van der Waals surface area contributed by atoms with Gasteiger partial charge in [-0.15, -0.1) is 11.3 Å². The van der Waals surface area contributed by atoms with Crippen LogP contribution in [0.25, 0.3) is 0 Å². The predicted octanol–water partition coefficient (Wildman–Crippen LogP) is 3.82. The minimum absolute atomic E-state index is 0.259. The third-order valence-corrected chi connectivity index (χ3v) is 3.60. The van der Waals surface area contributed by atoms with E-state index in [0.29, 0.717) is 6.04 Å². The average molecular weight is 262 g/mol. The standard InChI is InChI=1S/C10H16BrNS/c1-10(2,3)9(12-4)7-5-8(11)13-6-7/h5-6,9,12H,1-4H3. The quantitative estimate of drug-likeness (QED) is 0.854. The molecule has 1 aromatic heterocycles. The van der Waals surface area contributed by atoms with Gasteiger partial charge in [0.25, 0.3) is 0 Å². The highest BCUT2D eigenvalue weighted by molar-refractivity contribution is 9.11. The Morgan fingerprint density at radius 1 is 1.46 bits per heavy atom. The summed E-state index contributed by atoms with van der Waals surface area (Å²) in [6.07, 6.45) is 0. The summed E-state index contributed by atoms with van der Waals surface area (Å²) in [5, 5.41) is 5.56. The average Bonchev–Trinajstić information content (AvgIpc) is 2.34. The van der Waals surface area contributed by atoms with E-state index in [1.54, 1.807) is 11.3 Å². The molecule has 1 heterocycles. The van der Waals surface area contributed by atoms with Crippen molar-refractivity contribution in [1.29, 1.82) is 0 Å². The highest BCUT2D eigenvalue weighted by Gasteiger charge is 2.25. The minimum atomic E-state index is 0.259. The van der Waals surface area contributed by atoms with Crippen molar-refractivity contribution in [2.24, 2.45) is 5.41 Å². The van der Waals surface area contributed by atoms with Gasteiger partial charge in [0, 0.05) is 6.04 Å². The fourth-order valence-corrected chi connectivity index (χ4v) is 2.78. The summed E-state index contributed by atoms with van der Waals surface area (Å²) in [5.74, 6) is 0. The van der Waals surface area contributed by atoms with E-state index in [9.17, 15) is 0 Å². The van der Waals surface area contributed by atoms with Crippen molar-refractivity contribution >= 4 is 27.3 Å². The smallest absolute Gasteiger partial charge is 0.0701 e. The van der Waals surface area contributed by atoms with Crippen molar-refractivity contribution in [2.75, 3.05) is 7.05 Å². The first-order valence-electron chi connectivity index (χ1n) is 4.36. The van der Waals surface area contributed by atoms with Gasteiger partial charge in [0.1, 0.15) is 0 Å². The molecule has 1 unspecified atom stereocenters. The SMILES string of the molecule is CNC(c1csc(Br)c1)C(C)(C)C. The number of rotatable bonds is 2. The van der Waals surface area contributed by atoms with Crippen LogP contribution in [0.4, 0.5) is 0 Å². The van der Waals surface area contributed by atoms with Crippen LogP contribution >= 0.6 is 27.3 Å². The van der Waals surface area contributed by atoms with Crippen molar-refractivity contribution in [2.45, 2.75) is 26.8 Å². The Hall–Kier alpha value is 0.140. The van der Waals surface area contributed by atoms with E-state index in [0.717, 1.165) is 0 Å². The molecule has 13 heavy (non-hydrogen) atoms. The summed E-state index contributed by atoms with van der Waals surface area (Å²) >= 11 is 5.23. The minimum Gasteiger partial charge on any atom is -0.313 e. The molecule has 0 aliphatic rings. The summed E-state index contributed by atoms with van der Waals surface area (Å²) in [6, 6.07) is 2.62. The number of thiophene rings is 1. The van der Waals surface area contributed by atoms with Crippen molar-refractivity contribution in [1.82, 2.24) is 5.32 Å². The van der Waals surface area contributed by atoms with Gasteiger partial charge in [-0.25, -0.2) is 0 Å². The maximum Gasteiger partial charge on any atom is 0.0701 e. The first-order valence-corrected chi connectivity index (χ1v) is 6.03. The topological polar surface area (TPSA) is 12.0 Å². The summed E-state index contributed by atoms with van der Waals surface area (Å²) < 4.78 is 1.20. The first-order chi connectivity index (χ1) is 5.95. The van der Waals surface area contributed by atoms with Gasteiger partial charge >= 0.3 is 0 Å². The van der Waals surface area contributed by atoms with E-state index < -0.39 is 0 Å². The van der Waals surface area contributed by atoms with E-state index in [2.05, 4.69) is 53.5 Å². The number of hydrogen-bond donors (Lipinski definition) is 1. The second kappa shape index (κ2) is 4.11. The molecule has 1 N–H and O–H groups in total. The van der Waals surface area contributed by atoms with Crippen LogP contribution in [0.15, 0.2) is 15.2 Å². The summed E-state index contributed by atoms with van der Waals surface area (Å²) in [5.41, 5.74) is 1.63. The third kappa shape index (κ3) is 2.79. The van der Waals surface area contributed by atoms with E-state index in [1.807, 2.05) is 7.05 Å². The molecule has 0 fully saturated rings. The molecule has 74 valence electrons. The highest BCUT2D eigenvalue weighted by atomic mass is 79.9. The molecule has 0 amide bonds. The molecule has 0 saturated heterocycles. The second-order valence-electron chi connectivity index (χ2n) is 4.27. The Morgan fingerprint density at radius 2 is 2.08 bits per heavy atom. The molecule has 1 atom stereocenters. The summed E-state index contributed by atoms with van der Waals surface area (Å²) in [7, 11) is 2.02. The molecule has 0 spiro atoms. The Kier molecular flexibility index (Phi) is 3.55. The molecule has 0 radical (unpaired) electrons. The molecular formula is C10H16BrNS. The van der Waals surface area contributed by atoms with Gasteiger partial charge in [-0.1, -0.05) is 20.8 Å². The monoisotopic (exact) mass is 261 g/mol. The molecule has 0 bridgehead atoms. The van der Waals surface area contributed by atoms with E-state index in [-0.39, 0.29) is 5.41 Å². The molecule has 0 aromatic carbocycles. The lowest BCUT2D eigenvalue weighted by Gasteiger charge is -2.29. The van der Waals surface area contributed by atoms with E-state index >= 15 is 0 Å². The van der Waals surface area contributed by atoms with Crippen molar-refractivity contribution in [3.05, 3.63) is 20.8 Å². The van der Waals surface area contributed by atoms with Gasteiger partial charge in [-0.2, -0.15) is 0 Å². The zero-order valence-electron chi connectivity index (χ0n) is 8.52. The van der Waals surface area contributed by atoms with Crippen molar-refractivity contribution < 1.29 is 0 Å². The number of halogens is 1. The van der Waals surface area contributed by atoms with Gasteiger partial charge in [0.2, 0.25) is 0 Å². The Labute approximate surface area is 92.7 Å².